The molecule has 3 rings (SSSR count). The fraction of sp³-hybridized carbons (Fsp3) is 0.519. The van der Waals surface area contributed by atoms with Gasteiger partial charge in [0.15, 0.2) is 0 Å². The number of benzene rings is 2. The van der Waals surface area contributed by atoms with E-state index in [2.05, 4.69) is 14.9 Å². The molecule has 198 valence electrons. The number of nitrogens with zero attached hydrogens (tertiary/aromatic N) is 1. The summed E-state index contributed by atoms with van der Waals surface area (Å²) in [6.07, 6.45) is 2.14. The van der Waals surface area contributed by atoms with E-state index in [9.17, 15) is 18.3 Å². The van der Waals surface area contributed by atoms with Gasteiger partial charge in [0.25, 0.3) is 0 Å². The van der Waals surface area contributed by atoms with E-state index in [1.54, 1.807) is 20.8 Å². The molecule has 0 aromatic heterocycles. The Labute approximate surface area is 220 Å². The highest BCUT2D eigenvalue weighted by Gasteiger charge is 2.34. The van der Waals surface area contributed by atoms with Crippen LogP contribution < -0.4 is 14.9 Å². The van der Waals surface area contributed by atoms with Crippen molar-refractivity contribution in [3.63, 3.8) is 0 Å². The first kappa shape index (κ1) is 28.4. The van der Waals surface area contributed by atoms with Crippen molar-refractivity contribution in [2.45, 2.75) is 63.7 Å². The Morgan fingerprint density at radius 2 is 1.67 bits per heavy atom. The molecule has 1 amide bonds. The average Bonchev–Trinajstić information content (AvgIpc) is 2.82. The maximum absolute atomic E-state index is 12.4. The summed E-state index contributed by atoms with van der Waals surface area (Å²) in [5, 5.41) is 14.7. The van der Waals surface area contributed by atoms with Gasteiger partial charge < -0.3 is 15.3 Å². The topological polar surface area (TPSA) is 98.7 Å². The number of hydrogen-bond donors (Lipinski definition) is 3. The highest BCUT2D eigenvalue weighted by atomic mass is 35.5. The molecule has 2 aromatic carbocycles. The third kappa shape index (κ3) is 7.44. The second-order valence-electron chi connectivity index (χ2n) is 10.7. The van der Waals surface area contributed by atoms with Crippen molar-refractivity contribution in [2.75, 3.05) is 29.9 Å². The molecule has 1 atom stereocenters. The molecule has 36 heavy (non-hydrogen) atoms. The number of anilines is 2. The summed E-state index contributed by atoms with van der Waals surface area (Å²) in [5.74, 6) is -0.0554. The van der Waals surface area contributed by atoms with Crippen molar-refractivity contribution in [3.05, 3.63) is 59.1 Å². The summed E-state index contributed by atoms with van der Waals surface area (Å²) in [6.45, 7) is 8.66. The summed E-state index contributed by atoms with van der Waals surface area (Å²) in [5.41, 5.74) is 1.81. The van der Waals surface area contributed by atoms with Crippen LogP contribution in [-0.2, 0) is 20.4 Å². The van der Waals surface area contributed by atoms with Gasteiger partial charge in [-0.2, -0.15) is 0 Å². The van der Waals surface area contributed by atoms with Gasteiger partial charge >= 0.3 is 0 Å². The number of carbonyl (C=O) groups excluding carboxylic acids is 1. The summed E-state index contributed by atoms with van der Waals surface area (Å²) < 4.78 is 26.1. The van der Waals surface area contributed by atoms with Crippen molar-refractivity contribution < 1.29 is 18.3 Å². The van der Waals surface area contributed by atoms with Crippen molar-refractivity contribution in [3.8, 4) is 0 Å². The van der Waals surface area contributed by atoms with E-state index >= 15 is 0 Å². The summed E-state index contributed by atoms with van der Waals surface area (Å²) in [7, 11) is -3.39. The molecule has 1 heterocycles. The Kier molecular flexibility index (Phi) is 9.09. The number of amides is 1. The Morgan fingerprint density at radius 1 is 1.08 bits per heavy atom. The van der Waals surface area contributed by atoms with E-state index in [1.807, 2.05) is 55.5 Å². The number of rotatable bonds is 9. The lowest BCUT2D eigenvalue weighted by Crippen LogP contribution is -2.42. The lowest BCUT2D eigenvalue weighted by atomic mass is 9.84. The van der Waals surface area contributed by atoms with Crippen LogP contribution in [0.4, 0.5) is 11.4 Å². The van der Waals surface area contributed by atoms with Crippen LogP contribution in [0.3, 0.4) is 0 Å². The maximum Gasteiger partial charge on any atom is 0.224 e. The Bertz CT molecular complexity index is 1120. The number of sulfonamides is 1. The molecule has 0 bridgehead atoms. The molecule has 1 aliphatic rings. The maximum atomic E-state index is 12.4. The zero-order chi connectivity index (χ0) is 26.6. The summed E-state index contributed by atoms with van der Waals surface area (Å²) in [6, 6.07) is 15.1. The van der Waals surface area contributed by atoms with Gasteiger partial charge in [0.05, 0.1) is 10.3 Å². The number of halogens is 1. The smallest absolute Gasteiger partial charge is 0.224 e. The van der Waals surface area contributed by atoms with Crippen molar-refractivity contribution in [1.82, 2.24) is 4.72 Å². The lowest BCUT2D eigenvalue weighted by Gasteiger charge is -2.39. The average molecular weight is 536 g/mol. The number of hydrogen-bond acceptors (Lipinski definition) is 5. The third-order valence-electron chi connectivity index (χ3n) is 6.78. The molecule has 1 aliphatic heterocycles. The zero-order valence-corrected chi connectivity index (χ0v) is 23.1. The quantitative estimate of drug-likeness (QED) is 0.424. The fourth-order valence-corrected chi connectivity index (χ4v) is 5.17. The van der Waals surface area contributed by atoms with Crippen LogP contribution >= 0.6 is 11.6 Å². The SMILES string of the molecule is CC(CCC(=O)Nc1ccc(N2CCC(O)(c3ccc(Cl)cc3)CC2)cc1)CNS(=O)(=O)C(C)(C)C. The molecule has 2 aromatic rings. The van der Waals surface area contributed by atoms with Gasteiger partial charge in [-0.05, 0) is 87.9 Å². The molecule has 0 aliphatic carbocycles. The Morgan fingerprint density at radius 3 is 2.22 bits per heavy atom. The fourth-order valence-electron chi connectivity index (χ4n) is 4.11. The van der Waals surface area contributed by atoms with Crippen molar-refractivity contribution in [2.24, 2.45) is 5.92 Å². The molecule has 7 nitrogen and oxygen atoms in total. The van der Waals surface area contributed by atoms with Crippen LogP contribution in [-0.4, -0.2) is 43.8 Å². The van der Waals surface area contributed by atoms with Gasteiger partial charge in [0.1, 0.15) is 0 Å². The highest BCUT2D eigenvalue weighted by molar-refractivity contribution is 7.90. The summed E-state index contributed by atoms with van der Waals surface area (Å²) in [4.78, 5) is 14.6. The third-order valence-corrected chi connectivity index (χ3v) is 9.19. The molecule has 0 radical (unpaired) electrons. The molecular weight excluding hydrogens is 498 g/mol. The van der Waals surface area contributed by atoms with Crippen LogP contribution in [0.2, 0.25) is 5.02 Å². The van der Waals surface area contributed by atoms with E-state index < -0.39 is 20.4 Å². The Balaban J connectivity index is 1.44. The molecular formula is C27H38ClN3O4S. The van der Waals surface area contributed by atoms with E-state index in [-0.39, 0.29) is 11.8 Å². The first-order valence-electron chi connectivity index (χ1n) is 12.4. The van der Waals surface area contributed by atoms with Crippen molar-refractivity contribution >= 4 is 38.9 Å². The zero-order valence-electron chi connectivity index (χ0n) is 21.6. The van der Waals surface area contributed by atoms with E-state index in [0.717, 1.165) is 30.0 Å². The number of piperidine rings is 1. The van der Waals surface area contributed by atoms with Gasteiger partial charge in [-0.25, -0.2) is 13.1 Å². The lowest BCUT2D eigenvalue weighted by molar-refractivity contribution is -0.116. The number of carbonyl (C=O) groups is 1. The van der Waals surface area contributed by atoms with Gasteiger partial charge in [-0.15, -0.1) is 0 Å². The molecule has 3 N–H and O–H groups in total. The highest BCUT2D eigenvalue weighted by Crippen LogP contribution is 2.35. The second kappa shape index (κ2) is 11.5. The largest absolute Gasteiger partial charge is 0.385 e. The minimum atomic E-state index is -3.39. The van der Waals surface area contributed by atoms with Crippen LogP contribution in [0.5, 0.6) is 0 Å². The van der Waals surface area contributed by atoms with E-state index in [1.165, 1.54) is 0 Å². The second-order valence-corrected chi connectivity index (χ2v) is 13.7. The monoisotopic (exact) mass is 535 g/mol. The van der Waals surface area contributed by atoms with Crippen LogP contribution in [0.25, 0.3) is 0 Å². The standard InChI is InChI=1S/C27H38ClN3O4S/c1-20(19-29-36(34,35)26(2,3)4)5-14-25(32)30-23-10-12-24(13-11-23)31-17-15-27(33,16-18-31)21-6-8-22(28)9-7-21/h6-13,20,29,33H,5,14-19H2,1-4H3,(H,30,32). The van der Waals surface area contributed by atoms with Crippen LogP contribution in [0.1, 0.15) is 58.9 Å². The van der Waals surface area contributed by atoms with Crippen LogP contribution in [0, 0.1) is 5.92 Å². The summed E-state index contributed by atoms with van der Waals surface area (Å²) >= 11 is 5.98. The first-order valence-corrected chi connectivity index (χ1v) is 14.3. The predicted octanol–water partition coefficient (Wildman–Crippen LogP) is 4.90. The van der Waals surface area contributed by atoms with E-state index in [0.29, 0.717) is 37.3 Å². The van der Waals surface area contributed by atoms with E-state index in [4.69, 9.17) is 11.6 Å². The Hall–Kier alpha value is -2.13. The normalized spacial score (nSPS) is 17.0. The van der Waals surface area contributed by atoms with Gasteiger partial charge in [0.2, 0.25) is 15.9 Å². The molecule has 1 unspecified atom stereocenters. The van der Waals surface area contributed by atoms with Crippen LogP contribution in [0.15, 0.2) is 48.5 Å². The molecule has 0 spiro atoms. The van der Waals surface area contributed by atoms with Gasteiger partial charge in [0, 0.05) is 42.5 Å². The number of nitrogens with one attached hydrogen (secondary N) is 2. The molecule has 1 fully saturated rings. The molecule has 1 saturated heterocycles. The molecule has 9 heteroatoms. The minimum Gasteiger partial charge on any atom is -0.385 e. The first-order chi connectivity index (χ1) is 16.8. The van der Waals surface area contributed by atoms with Gasteiger partial charge in [-0.1, -0.05) is 30.7 Å². The predicted molar refractivity (Wildman–Crippen MR) is 147 cm³/mol. The number of aliphatic hydroxyl groups is 1. The minimum absolute atomic E-state index is 0.0425. The van der Waals surface area contributed by atoms with Gasteiger partial charge in [-0.3, -0.25) is 4.79 Å². The molecule has 0 saturated carbocycles. The van der Waals surface area contributed by atoms with Crippen molar-refractivity contribution in [1.29, 1.82) is 0 Å².